The zero-order valence-electron chi connectivity index (χ0n) is 8.15. The molecule has 0 saturated heterocycles. The fraction of sp³-hybridized carbons (Fsp3) is 0. The van der Waals surface area contributed by atoms with Gasteiger partial charge in [-0.3, -0.25) is 9.08 Å². The van der Waals surface area contributed by atoms with E-state index in [1.807, 2.05) is 0 Å². The van der Waals surface area contributed by atoms with Crippen LogP contribution in [0.5, 0.6) is 11.5 Å². The summed E-state index contributed by atoms with van der Waals surface area (Å²) in [5.41, 5.74) is -0.804. The van der Waals surface area contributed by atoms with Gasteiger partial charge in [-0.05, 0) is 12.1 Å². The van der Waals surface area contributed by atoms with Crippen LogP contribution >= 0.6 is 0 Å². The van der Waals surface area contributed by atoms with E-state index < -0.39 is 16.0 Å². The number of hydrogen-bond acceptors (Lipinski definition) is 6. The van der Waals surface area contributed by atoms with E-state index in [1.54, 1.807) is 12.1 Å². The third-order valence-electron chi connectivity index (χ3n) is 2.29. The standard InChI is InChI=1S/C9H5NO6S/c11-6-3-1-2-5-4-7-9(12)10(8(5)6)16-17(13,14)15-7/h1-4,11H. The first kappa shape index (κ1) is 9.97. The number of phenols is 1. The van der Waals surface area contributed by atoms with Crippen molar-refractivity contribution in [2.75, 3.05) is 0 Å². The smallest absolute Gasteiger partial charge is 0.506 e. The molecule has 2 heterocycles. The van der Waals surface area contributed by atoms with Gasteiger partial charge in [0.1, 0.15) is 11.3 Å². The highest BCUT2D eigenvalue weighted by atomic mass is 32.3. The maximum atomic E-state index is 11.6. The van der Waals surface area contributed by atoms with Crippen LogP contribution < -0.4 is 14.0 Å². The molecule has 8 heteroatoms. The van der Waals surface area contributed by atoms with E-state index in [-0.39, 0.29) is 17.0 Å². The minimum atomic E-state index is -4.31. The number of para-hydroxylation sites is 1. The Morgan fingerprint density at radius 1 is 1.29 bits per heavy atom. The lowest BCUT2D eigenvalue weighted by Gasteiger charge is -2.17. The normalized spacial score (nSPS) is 16.2. The van der Waals surface area contributed by atoms with Gasteiger partial charge in [-0.15, -0.1) is 13.1 Å². The lowest BCUT2D eigenvalue weighted by Crippen LogP contribution is -2.39. The first-order valence-corrected chi connectivity index (χ1v) is 5.83. The van der Waals surface area contributed by atoms with Crippen molar-refractivity contribution in [1.29, 1.82) is 0 Å². The van der Waals surface area contributed by atoms with Crippen molar-refractivity contribution in [2.45, 2.75) is 0 Å². The molecule has 0 amide bonds. The predicted octanol–water partition coefficient (Wildman–Crippen LogP) is -0.227. The number of pyridine rings is 1. The summed E-state index contributed by atoms with van der Waals surface area (Å²) in [5, 5.41) is 10.0. The average Bonchev–Trinajstić information content (AvgIpc) is 2.21. The lowest BCUT2D eigenvalue weighted by molar-refractivity contribution is 0.220. The zero-order chi connectivity index (χ0) is 12.2. The number of aromatic hydroxyl groups is 1. The molecule has 1 aliphatic heterocycles. The van der Waals surface area contributed by atoms with Gasteiger partial charge < -0.3 is 9.29 Å². The van der Waals surface area contributed by atoms with Gasteiger partial charge in [-0.2, -0.15) is 0 Å². The molecule has 0 unspecified atom stereocenters. The SMILES string of the molecule is O=c1c2cc3cccc(O)c3n1OS(=O)(=O)O2. The van der Waals surface area contributed by atoms with Crippen molar-refractivity contribution in [3.63, 3.8) is 0 Å². The lowest BCUT2D eigenvalue weighted by atomic mass is 10.2. The molecule has 1 aliphatic rings. The van der Waals surface area contributed by atoms with Gasteiger partial charge in [-0.25, -0.2) is 0 Å². The number of aromatic nitrogens is 1. The van der Waals surface area contributed by atoms with E-state index in [9.17, 15) is 18.3 Å². The summed E-state index contributed by atoms with van der Waals surface area (Å²) in [6, 6.07) is 5.68. The van der Waals surface area contributed by atoms with Gasteiger partial charge in [0, 0.05) is 5.39 Å². The van der Waals surface area contributed by atoms with Crippen LogP contribution in [0.15, 0.2) is 29.1 Å². The Balaban J connectivity index is 2.54. The van der Waals surface area contributed by atoms with Crippen molar-refractivity contribution in [1.82, 2.24) is 4.73 Å². The molecule has 0 saturated carbocycles. The van der Waals surface area contributed by atoms with E-state index in [0.29, 0.717) is 10.1 Å². The Morgan fingerprint density at radius 2 is 2.06 bits per heavy atom. The largest absolute Gasteiger partial charge is 0.520 e. The van der Waals surface area contributed by atoms with Gasteiger partial charge in [0.2, 0.25) is 5.75 Å². The molecule has 1 N–H and O–H groups in total. The molecule has 0 aliphatic carbocycles. The van der Waals surface area contributed by atoms with Gasteiger partial charge in [0.15, 0.2) is 0 Å². The molecule has 2 bridgehead atoms. The molecule has 17 heavy (non-hydrogen) atoms. The van der Waals surface area contributed by atoms with Crippen LogP contribution in [0.1, 0.15) is 0 Å². The maximum Gasteiger partial charge on any atom is 0.520 e. The van der Waals surface area contributed by atoms with E-state index in [4.69, 9.17) is 0 Å². The highest BCUT2D eigenvalue weighted by Gasteiger charge is 2.29. The zero-order valence-corrected chi connectivity index (χ0v) is 8.97. The topological polar surface area (TPSA) is 94.8 Å². The molecule has 3 rings (SSSR count). The van der Waals surface area contributed by atoms with E-state index >= 15 is 0 Å². The molecule has 0 fully saturated rings. The first-order valence-electron chi connectivity index (χ1n) is 4.50. The van der Waals surface area contributed by atoms with Crippen LogP contribution in [0.2, 0.25) is 0 Å². The van der Waals surface area contributed by atoms with Gasteiger partial charge in [-0.1, -0.05) is 12.1 Å². The number of nitrogens with zero attached hydrogens (tertiary/aromatic N) is 1. The van der Waals surface area contributed by atoms with Crippen molar-refractivity contribution >= 4 is 21.3 Å². The minimum absolute atomic E-state index is 0.0203. The van der Waals surface area contributed by atoms with Crippen LogP contribution in [0.3, 0.4) is 0 Å². The fourth-order valence-electron chi connectivity index (χ4n) is 1.64. The van der Waals surface area contributed by atoms with Crippen LogP contribution in [0.25, 0.3) is 10.9 Å². The molecule has 88 valence electrons. The molecule has 2 aromatic rings. The minimum Gasteiger partial charge on any atom is -0.506 e. The fourth-order valence-corrected chi connectivity index (χ4v) is 2.33. The monoisotopic (exact) mass is 255 g/mol. The van der Waals surface area contributed by atoms with E-state index in [2.05, 4.69) is 8.47 Å². The number of fused-ring (bicyclic) bond motifs is 4. The summed E-state index contributed by atoms with van der Waals surface area (Å²) in [4.78, 5) is 11.6. The summed E-state index contributed by atoms with van der Waals surface area (Å²) in [5.74, 6) is -0.627. The van der Waals surface area contributed by atoms with Crippen molar-refractivity contribution in [3.8, 4) is 11.5 Å². The second-order valence-corrected chi connectivity index (χ2v) is 4.52. The Kier molecular flexibility index (Phi) is 1.71. The van der Waals surface area contributed by atoms with Gasteiger partial charge in [0.05, 0.1) is 0 Å². The van der Waals surface area contributed by atoms with Crippen LogP contribution in [-0.2, 0) is 10.4 Å². The van der Waals surface area contributed by atoms with Crippen molar-refractivity contribution in [2.24, 2.45) is 0 Å². The second kappa shape index (κ2) is 2.92. The third kappa shape index (κ3) is 1.34. The maximum absolute atomic E-state index is 11.6. The highest BCUT2D eigenvalue weighted by Crippen LogP contribution is 2.27. The summed E-state index contributed by atoms with van der Waals surface area (Å²) in [6.45, 7) is 0. The number of rotatable bonds is 0. The Morgan fingerprint density at radius 3 is 2.82 bits per heavy atom. The summed E-state index contributed by atoms with van der Waals surface area (Å²) in [6.07, 6.45) is 0. The summed E-state index contributed by atoms with van der Waals surface area (Å²) in [7, 11) is -4.31. The molecule has 1 aromatic heterocycles. The Labute approximate surface area is 94.7 Å². The summed E-state index contributed by atoms with van der Waals surface area (Å²) >= 11 is 0. The molecule has 1 aromatic carbocycles. The number of hydrogen-bond donors (Lipinski definition) is 1. The summed E-state index contributed by atoms with van der Waals surface area (Å²) < 4.78 is 31.6. The van der Waals surface area contributed by atoms with E-state index in [1.165, 1.54) is 12.1 Å². The number of phenolic OH excluding ortho intramolecular Hbond substituents is 1. The highest BCUT2D eigenvalue weighted by molar-refractivity contribution is 7.82. The first-order chi connectivity index (χ1) is 7.98. The van der Waals surface area contributed by atoms with Crippen molar-refractivity contribution < 1.29 is 22.0 Å². The molecule has 0 radical (unpaired) electrons. The molecule has 0 spiro atoms. The molecule has 7 nitrogen and oxygen atoms in total. The quantitative estimate of drug-likeness (QED) is 0.698. The van der Waals surface area contributed by atoms with Crippen LogP contribution in [-0.4, -0.2) is 18.3 Å². The number of benzene rings is 1. The van der Waals surface area contributed by atoms with Crippen LogP contribution in [0.4, 0.5) is 0 Å². The third-order valence-corrected chi connectivity index (χ3v) is 3.00. The van der Waals surface area contributed by atoms with Gasteiger partial charge >= 0.3 is 16.0 Å². The predicted molar refractivity (Wildman–Crippen MR) is 56.0 cm³/mol. The van der Waals surface area contributed by atoms with E-state index in [0.717, 1.165) is 0 Å². The second-order valence-electron chi connectivity index (χ2n) is 3.39. The van der Waals surface area contributed by atoms with Crippen molar-refractivity contribution in [3.05, 3.63) is 34.6 Å². The molecule has 0 atom stereocenters. The van der Waals surface area contributed by atoms with Gasteiger partial charge in [0.25, 0.3) is 0 Å². The Bertz CT molecular complexity index is 791. The molecular formula is C9H5NO6S. The molecular weight excluding hydrogens is 250 g/mol. The Hall–Kier alpha value is -2.22. The van der Waals surface area contributed by atoms with Crippen LogP contribution in [0, 0.1) is 0 Å². The average molecular weight is 255 g/mol.